The SMILES string of the molecule is BrCc1ccc2cc3cc4cc5ccccc5cc4cc3cc2c1.N.NCc1ccc2cc3cc4cc5ccccc5cc4cc3cc2c1.O.O.O.O.O.O.O.O. The predicted molar refractivity (Wildman–Crippen MR) is 247 cm³/mol. The molecule has 10 aromatic carbocycles. The normalized spacial score (nSPS) is 9.86. The maximum absolute atomic E-state index is 5.78. The summed E-state index contributed by atoms with van der Waals surface area (Å²) < 4.78 is 0. The minimum absolute atomic E-state index is 0. The first-order valence-electron chi connectivity index (χ1n) is 16.4. The molecule has 21 N–H and O–H groups in total. The van der Waals surface area contributed by atoms with Crippen LogP contribution >= 0.6 is 15.9 Å². The van der Waals surface area contributed by atoms with Crippen LogP contribution in [0.3, 0.4) is 0 Å². The first kappa shape index (κ1) is 51.4. The van der Waals surface area contributed by atoms with Gasteiger partial charge in [-0.1, -0.05) is 94.8 Å². The van der Waals surface area contributed by atoms with E-state index in [1.165, 1.54) is 97.3 Å². The summed E-state index contributed by atoms with van der Waals surface area (Å²) in [4.78, 5) is 0. The minimum atomic E-state index is 0. The lowest BCUT2D eigenvalue weighted by Gasteiger charge is -2.08. The summed E-state index contributed by atoms with van der Waals surface area (Å²) >= 11 is 3.55. The Morgan fingerprint density at radius 1 is 0.281 bits per heavy atom. The Balaban J connectivity index is 0.000000950. The molecule has 300 valence electrons. The van der Waals surface area contributed by atoms with Gasteiger partial charge in [-0.3, -0.25) is 0 Å². The van der Waals surface area contributed by atoms with Crippen LogP contribution in [-0.4, -0.2) is 43.8 Å². The number of hydrogen-bond acceptors (Lipinski definition) is 2. The molecule has 0 unspecified atom stereocenters. The number of alkyl halides is 1. The van der Waals surface area contributed by atoms with E-state index in [4.69, 9.17) is 5.73 Å². The van der Waals surface area contributed by atoms with Crippen molar-refractivity contribution in [2.75, 3.05) is 0 Å². The van der Waals surface area contributed by atoms with Crippen molar-refractivity contribution in [1.82, 2.24) is 6.15 Å². The molecule has 57 heavy (non-hydrogen) atoms. The van der Waals surface area contributed by atoms with E-state index >= 15 is 0 Å². The number of fused-ring (bicyclic) bond motifs is 8. The Hall–Kier alpha value is -5.64. The molecule has 0 aliphatic carbocycles. The number of nitrogens with two attached hydrogens (primary N) is 1. The zero-order valence-corrected chi connectivity index (χ0v) is 32.7. The smallest absolute Gasteiger partial charge is 0.0283 e. The van der Waals surface area contributed by atoms with Crippen LogP contribution < -0.4 is 11.9 Å². The number of halogens is 1. The fourth-order valence-corrected chi connectivity index (χ4v) is 7.54. The largest absolute Gasteiger partial charge is 0.412 e. The van der Waals surface area contributed by atoms with Gasteiger partial charge >= 0.3 is 0 Å². The molecule has 0 radical (unpaired) electrons. The third-order valence-electron chi connectivity index (χ3n) is 9.75. The molecule has 10 rings (SSSR count). The van der Waals surface area contributed by atoms with Crippen molar-refractivity contribution in [3.63, 3.8) is 0 Å². The number of hydrogen-bond donors (Lipinski definition) is 2. The zero-order valence-electron chi connectivity index (χ0n) is 31.1. The van der Waals surface area contributed by atoms with Crippen molar-refractivity contribution in [1.29, 1.82) is 0 Å². The summed E-state index contributed by atoms with van der Waals surface area (Å²) in [5.74, 6) is 0. The van der Waals surface area contributed by atoms with Gasteiger partial charge in [0.15, 0.2) is 0 Å². The van der Waals surface area contributed by atoms with Crippen LogP contribution in [0.15, 0.2) is 158 Å². The molecule has 0 atom stereocenters. The fraction of sp³-hybridized carbons (Fsp3) is 0.0435. The van der Waals surface area contributed by atoms with E-state index in [-0.39, 0.29) is 50.0 Å². The van der Waals surface area contributed by atoms with Crippen molar-refractivity contribution in [3.8, 4) is 0 Å². The van der Waals surface area contributed by atoms with Crippen LogP contribution in [0.1, 0.15) is 11.1 Å². The van der Waals surface area contributed by atoms with Crippen LogP contribution in [0.2, 0.25) is 0 Å². The maximum atomic E-state index is 5.78. The van der Waals surface area contributed by atoms with Crippen LogP contribution in [0.5, 0.6) is 0 Å². The van der Waals surface area contributed by atoms with Gasteiger partial charge in [0.25, 0.3) is 0 Å². The molecule has 0 heterocycles. The zero-order chi connectivity index (χ0) is 32.2. The molecule has 10 nitrogen and oxygen atoms in total. The van der Waals surface area contributed by atoms with E-state index in [1.807, 2.05) is 0 Å². The molecule has 0 amide bonds. The summed E-state index contributed by atoms with van der Waals surface area (Å²) in [5, 5.41) is 21.5. The molecule has 0 saturated heterocycles. The molecule has 10 aromatic rings. The van der Waals surface area contributed by atoms with E-state index in [0.29, 0.717) is 6.54 Å². The summed E-state index contributed by atoms with van der Waals surface area (Å²) in [6, 6.07) is 57.8. The molecule has 0 saturated carbocycles. The lowest BCUT2D eigenvalue weighted by molar-refractivity contribution is 0.823. The van der Waals surface area contributed by atoms with Gasteiger partial charge in [0.1, 0.15) is 0 Å². The fourth-order valence-electron chi connectivity index (χ4n) is 7.20. The highest BCUT2D eigenvalue weighted by Crippen LogP contribution is 2.32. The Labute approximate surface area is 337 Å². The third kappa shape index (κ3) is 9.67. The Morgan fingerprint density at radius 3 is 0.754 bits per heavy atom. The van der Waals surface area contributed by atoms with Crippen molar-refractivity contribution in [3.05, 3.63) is 169 Å². The van der Waals surface area contributed by atoms with Crippen molar-refractivity contribution in [2.45, 2.75) is 11.9 Å². The molecule has 0 aliphatic heterocycles. The van der Waals surface area contributed by atoms with Gasteiger partial charge < -0.3 is 55.7 Å². The van der Waals surface area contributed by atoms with Crippen LogP contribution in [0.4, 0.5) is 0 Å². The van der Waals surface area contributed by atoms with Crippen LogP contribution in [0.25, 0.3) is 86.2 Å². The van der Waals surface area contributed by atoms with Crippen molar-refractivity contribution >= 4 is 102 Å². The first-order valence-corrected chi connectivity index (χ1v) is 17.6. The Bertz CT molecular complexity index is 2710. The number of rotatable bonds is 2. The highest BCUT2D eigenvalue weighted by atomic mass is 79.9. The van der Waals surface area contributed by atoms with Crippen molar-refractivity contribution in [2.24, 2.45) is 5.73 Å². The molecule has 11 heteroatoms. The molecule has 0 fully saturated rings. The molecular weight excluding hydrogens is 788 g/mol. The quantitative estimate of drug-likeness (QED) is 0.145. The van der Waals surface area contributed by atoms with Crippen LogP contribution in [0, 0.1) is 0 Å². The third-order valence-corrected chi connectivity index (χ3v) is 10.4. The lowest BCUT2D eigenvalue weighted by Crippen LogP contribution is -1.95. The molecule has 0 bridgehead atoms. The highest BCUT2D eigenvalue weighted by Gasteiger charge is 2.06. The molecular formula is C46H51BrN2O8. The standard InChI is InChI=1S/C23H15Br.C23H17N.H3N.8H2O/c2*24-14-15-5-6-18-10-22-12-20-8-16-3-1-2-4-17(16)9-21(20)13-23(22)11-19(18)7-15;;;;;;;;;/h1-13H,14H2;1-13H,14,24H2;1H3;8*1H2. The van der Waals surface area contributed by atoms with Gasteiger partial charge in [0, 0.05) is 11.9 Å². The predicted octanol–water partition coefficient (Wildman–Crippen LogP) is 6.52. The monoisotopic (exact) mass is 838 g/mol. The molecule has 0 aromatic heterocycles. The number of benzene rings is 10. The second-order valence-corrected chi connectivity index (χ2v) is 13.5. The average Bonchev–Trinajstić information content (AvgIpc) is 3.12. The van der Waals surface area contributed by atoms with Crippen LogP contribution in [-0.2, 0) is 11.9 Å². The maximum Gasteiger partial charge on any atom is 0.0283 e. The second-order valence-electron chi connectivity index (χ2n) is 12.9. The van der Waals surface area contributed by atoms with Gasteiger partial charge in [-0.15, -0.1) is 0 Å². The topological polar surface area (TPSA) is 313 Å². The van der Waals surface area contributed by atoms with Gasteiger partial charge in [-0.05, 0) is 176 Å². The first-order chi connectivity index (χ1) is 23.6. The van der Waals surface area contributed by atoms with E-state index in [9.17, 15) is 0 Å². The van der Waals surface area contributed by atoms with E-state index in [0.717, 1.165) is 5.33 Å². The molecule has 0 aliphatic rings. The highest BCUT2D eigenvalue weighted by molar-refractivity contribution is 9.08. The summed E-state index contributed by atoms with van der Waals surface area (Å²) in [7, 11) is 0. The summed E-state index contributed by atoms with van der Waals surface area (Å²) in [5.41, 5.74) is 8.27. The Kier molecular flexibility index (Phi) is 19.0. The van der Waals surface area contributed by atoms with E-state index < -0.39 is 0 Å². The average molecular weight is 840 g/mol. The van der Waals surface area contributed by atoms with E-state index in [1.54, 1.807) is 0 Å². The van der Waals surface area contributed by atoms with Gasteiger partial charge in [0.2, 0.25) is 0 Å². The summed E-state index contributed by atoms with van der Waals surface area (Å²) in [6.45, 7) is 0.581. The van der Waals surface area contributed by atoms with Gasteiger partial charge in [-0.2, -0.15) is 0 Å². The van der Waals surface area contributed by atoms with Crippen molar-refractivity contribution < 1.29 is 43.8 Å². The molecule has 0 spiro atoms. The van der Waals surface area contributed by atoms with Gasteiger partial charge in [0.05, 0.1) is 0 Å². The lowest BCUT2D eigenvalue weighted by atomic mass is 9.97. The Morgan fingerprint density at radius 2 is 0.491 bits per heavy atom. The minimum Gasteiger partial charge on any atom is -0.412 e. The second kappa shape index (κ2) is 21.0. The summed E-state index contributed by atoms with van der Waals surface area (Å²) in [6.07, 6.45) is 0. The van der Waals surface area contributed by atoms with E-state index in [2.05, 4.69) is 174 Å². The van der Waals surface area contributed by atoms with Gasteiger partial charge in [-0.25, -0.2) is 0 Å².